The Bertz CT molecular complexity index is 1830. The number of allylic oxidation sites excluding steroid dienone is 4. The number of amides is 1. The third kappa shape index (κ3) is 9.44. The molecule has 1 aliphatic carbocycles. The Labute approximate surface area is 308 Å². The molecule has 5 N–H and O–H groups in total. The standard InChI is InChI=1S/C36H48N4O10S2/c1-7-8-9-10-22-16-27(41)31(24-15-21(4)11-12-23(24)20(2)3)29(17-22)49-19-51-34-25(33(43)40(34)52(46,47)48)18-28(42)32(26-13-14-30(37)38-26)39-50-36(5,6)35(44)45/h13,15-17,23-25,34,41H,2,7-12,14,18-19H2,1,3-6H3,(H2,37,38)(H,44,45)(H,46,47,48)/b39-32-/t23-,24+,25+,34?/m0/s1. The molecule has 16 heteroatoms. The molecule has 4 atom stereocenters. The highest BCUT2D eigenvalue weighted by Gasteiger charge is 2.54. The predicted octanol–water partition coefficient (Wildman–Crippen LogP) is 5.64. The number of carboxylic acid groups (broad SMARTS) is 1. The Morgan fingerprint density at radius 2 is 1.96 bits per heavy atom. The van der Waals surface area contributed by atoms with Gasteiger partial charge in [0, 0.05) is 24.3 Å². The first-order chi connectivity index (χ1) is 24.3. The Morgan fingerprint density at radius 1 is 1.25 bits per heavy atom. The molecule has 1 amide bonds. The number of thioether (sulfide) groups is 1. The normalized spacial score (nSPS) is 22.3. The summed E-state index contributed by atoms with van der Waals surface area (Å²) in [7, 11) is -5.02. The van der Waals surface area contributed by atoms with Crippen LogP contribution in [-0.4, -0.2) is 73.6 Å². The van der Waals surface area contributed by atoms with Crippen LogP contribution in [0, 0.1) is 11.8 Å². The fraction of sp³-hybridized carbons (Fsp3) is 0.528. The number of Topliss-reactive ketones (excluding diaryl/α,β-unsaturated/α-hetero) is 1. The number of carbonyl (C=O) groups is 3. The van der Waals surface area contributed by atoms with E-state index in [1.807, 2.05) is 19.9 Å². The summed E-state index contributed by atoms with van der Waals surface area (Å²) >= 11 is 0.875. The lowest BCUT2D eigenvalue weighted by atomic mass is 9.73. The summed E-state index contributed by atoms with van der Waals surface area (Å²) in [6.45, 7) is 12.7. The van der Waals surface area contributed by atoms with Crippen molar-refractivity contribution in [1.29, 1.82) is 0 Å². The number of carbonyl (C=O) groups excluding carboxylic acids is 2. The summed E-state index contributed by atoms with van der Waals surface area (Å²) in [4.78, 5) is 47.6. The largest absolute Gasteiger partial charge is 0.507 e. The van der Waals surface area contributed by atoms with Gasteiger partial charge in [-0.3, -0.25) is 14.1 Å². The Balaban J connectivity index is 1.62. The Kier molecular flexibility index (Phi) is 13.0. The number of hydrogen-bond acceptors (Lipinski definition) is 12. The van der Waals surface area contributed by atoms with Crippen LogP contribution in [0.5, 0.6) is 11.5 Å². The van der Waals surface area contributed by atoms with Gasteiger partial charge in [0.25, 0.3) is 0 Å². The number of benzene rings is 1. The summed E-state index contributed by atoms with van der Waals surface area (Å²) in [5.74, 6) is -4.16. The number of carboxylic acids is 1. The Hall–Kier alpha value is -4.15. The maximum atomic E-state index is 13.6. The molecule has 0 saturated carbocycles. The minimum atomic E-state index is -5.02. The highest BCUT2D eigenvalue weighted by Crippen LogP contribution is 2.48. The molecule has 4 rings (SSSR count). The van der Waals surface area contributed by atoms with Gasteiger partial charge in [-0.1, -0.05) is 60.5 Å². The molecular weight excluding hydrogens is 713 g/mol. The molecule has 1 saturated heterocycles. The number of aromatic hydroxyl groups is 1. The number of unbranched alkanes of at least 4 members (excludes halogenated alkanes) is 2. The number of ketones is 1. The van der Waals surface area contributed by atoms with E-state index < -0.39 is 57.0 Å². The number of aliphatic carboxylic acids is 1. The topological polar surface area (TPSA) is 218 Å². The number of rotatable bonds is 18. The number of oxime groups is 1. The number of hydrogen-bond donors (Lipinski definition) is 4. The van der Waals surface area contributed by atoms with Crippen molar-refractivity contribution in [3.63, 3.8) is 0 Å². The number of nitrogens with two attached hydrogens (primary N) is 1. The third-order valence-corrected chi connectivity index (χ3v) is 11.5. The van der Waals surface area contributed by atoms with Gasteiger partial charge in [0.15, 0.2) is 11.5 Å². The van der Waals surface area contributed by atoms with Gasteiger partial charge < -0.3 is 25.5 Å². The van der Waals surface area contributed by atoms with Gasteiger partial charge in [0.1, 0.15) is 28.6 Å². The molecule has 3 aliphatic rings. The molecule has 2 aliphatic heterocycles. The van der Waals surface area contributed by atoms with E-state index >= 15 is 0 Å². The van der Waals surface area contributed by atoms with E-state index in [4.69, 9.17) is 15.3 Å². The van der Waals surface area contributed by atoms with Crippen LogP contribution in [0.4, 0.5) is 0 Å². The highest BCUT2D eigenvalue weighted by atomic mass is 32.2. The lowest BCUT2D eigenvalue weighted by Gasteiger charge is -2.43. The molecule has 284 valence electrons. The fourth-order valence-electron chi connectivity index (χ4n) is 6.36. The zero-order chi connectivity index (χ0) is 38.5. The molecule has 1 fully saturated rings. The number of aliphatic imine (C=N–C) groups is 1. The molecule has 0 bridgehead atoms. The molecule has 0 radical (unpaired) electrons. The Morgan fingerprint density at radius 3 is 2.56 bits per heavy atom. The van der Waals surface area contributed by atoms with Crippen molar-refractivity contribution in [3.8, 4) is 11.5 Å². The minimum Gasteiger partial charge on any atom is -0.507 e. The van der Waals surface area contributed by atoms with Gasteiger partial charge in [-0.05, 0) is 83.1 Å². The van der Waals surface area contributed by atoms with E-state index in [0.29, 0.717) is 17.7 Å². The minimum absolute atomic E-state index is 0.0147. The second kappa shape index (κ2) is 16.7. The first-order valence-electron chi connectivity index (χ1n) is 17.2. The van der Waals surface area contributed by atoms with Crippen LogP contribution < -0.4 is 10.5 Å². The second-order valence-electron chi connectivity index (χ2n) is 13.9. The smallest absolute Gasteiger partial charge is 0.363 e. The quantitative estimate of drug-likeness (QED) is 0.0272. The van der Waals surface area contributed by atoms with Gasteiger partial charge in [-0.2, -0.15) is 8.42 Å². The van der Waals surface area contributed by atoms with Crippen molar-refractivity contribution in [2.45, 2.75) is 103 Å². The third-order valence-electron chi connectivity index (χ3n) is 9.33. The number of phenols is 1. The molecule has 2 heterocycles. The van der Waals surface area contributed by atoms with E-state index in [0.717, 1.165) is 55.0 Å². The van der Waals surface area contributed by atoms with E-state index in [1.165, 1.54) is 25.5 Å². The zero-order valence-electron chi connectivity index (χ0n) is 30.1. The zero-order valence-corrected chi connectivity index (χ0v) is 31.8. The van der Waals surface area contributed by atoms with Crippen LogP contribution in [0.15, 0.2) is 57.9 Å². The van der Waals surface area contributed by atoms with Crippen LogP contribution in [0.2, 0.25) is 0 Å². The lowest BCUT2D eigenvalue weighted by Crippen LogP contribution is -2.62. The SMILES string of the molecule is C=C(C)[C@@H]1CCC(C)=C[C@H]1c1c(O)cc(CCCCC)cc1OCSC1[C@H](CC(=O)/C(=N\OC(C)(C)C(=O)O)C2=CCC(N)=N2)C(=O)N1S(=O)(=O)O. The van der Waals surface area contributed by atoms with Gasteiger partial charge in [-0.15, -0.1) is 0 Å². The van der Waals surface area contributed by atoms with Gasteiger partial charge >= 0.3 is 16.3 Å². The van der Waals surface area contributed by atoms with Crippen LogP contribution >= 0.6 is 11.8 Å². The summed E-state index contributed by atoms with van der Waals surface area (Å²) in [6, 6.07) is 3.62. The molecule has 52 heavy (non-hydrogen) atoms. The van der Waals surface area contributed by atoms with Crippen LogP contribution in [0.1, 0.15) is 96.6 Å². The summed E-state index contributed by atoms with van der Waals surface area (Å²) < 4.78 is 41.1. The monoisotopic (exact) mass is 760 g/mol. The van der Waals surface area contributed by atoms with Crippen molar-refractivity contribution in [1.82, 2.24) is 4.31 Å². The van der Waals surface area contributed by atoms with Gasteiger partial charge in [0.2, 0.25) is 11.5 Å². The van der Waals surface area contributed by atoms with Crippen molar-refractivity contribution < 1.29 is 47.1 Å². The van der Waals surface area contributed by atoms with Crippen LogP contribution in [-0.2, 0) is 35.9 Å². The average molecular weight is 761 g/mol. The van der Waals surface area contributed by atoms with Crippen molar-refractivity contribution in [3.05, 3.63) is 58.8 Å². The van der Waals surface area contributed by atoms with Crippen LogP contribution in [0.25, 0.3) is 0 Å². The molecule has 0 aromatic heterocycles. The molecular formula is C36H48N4O10S2. The lowest BCUT2D eigenvalue weighted by molar-refractivity contribution is -0.161. The number of ether oxygens (including phenoxy) is 1. The van der Waals surface area contributed by atoms with E-state index in [1.54, 1.807) is 6.07 Å². The number of amidine groups is 1. The second-order valence-corrected chi connectivity index (χ2v) is 16.3. The van der Waals surface area contributed by atoms with E-state index in [2.05, 4.69) is 29.7 Å². The van der Waals surface area contributed by atoms with Crippen LogP contribution in [0.3, 0.4) is 0 Å². The molecule has 1 aromatic carbocycles. The summed E-state index contributed by atoms with van der Waals surface area (Å²) in [5.41, 5.74) is 7.16. The van der Waals surface area contributed by atoms with Crippen molar-refractivity contribution in [2.24, 2.45) is 27.7 Å². The maximum absolute atomic E-state index is 13.6. The summed E-state index contributed by atoms with van der Waals surface area (Å²) in [5, 5.41) is 23.4. The number of nitrogens with zero attached hydrogens (tertiary/aromatic N) is 3. The molecule has 1 aromatic rings. The fourth-order valence-corrected chi connectivity index (χ4v) is 8.66. The highest BCUT2D eigenvalue weighted by molar-refractivity contribution is 8.00. The molecule has 1 unspecified atom stereocenters. The number of aryl methyl sites for hydroxylation is 1. The van der Waals surface area contributed by atoms with E-state index in [-0.39, 0.29) is 45.8 Å². The van der Waals surface area contributed by atoms with Gasteiger partial charge in [0.05, 0.1) is 11.6 Å². The molecule has 14 nitrogen and oxygen atoms in total. The average Bonchev–Trinajstić information content (AvgIpc) is 3.47. The van der Waals surface area contributed by atoms with Crippen molar-refractivity contribution >= 4 is 51.3 Å². The predicted molar refractivity (Wildman–Crippen MR) is 198 cm³/mol. The first-order valence-corrected chi connectivity index (χ1v) is 19.6. The number of phenolic OH excluding ortho intramolecular Hbond substituents is 1. The summed E-state index contributed by atoms with van der Waals surface area (Å²) in [6.07, 6.45) is 8.59. The number of β-lactam (4-membered cyclic amide) rings is 1. The maximum Gasteiger partial charge on any atom is 0.363 e. The van der Waals surface area contributed by atoms with Crippen molar-refractivity contribution in [2.75, 3.05) is 5.94 Å². The molecule has 0 spiro atoms. The van der Waals surface area contributed by atoms with E-state index in [9.17, 15) is 37.6 Å². The first kappa shape index (κ1) is 40.6. The van der Waals surface area contributed by atoms with Gasteiger partial charge in [-0.25, -0.2) is 14.1 Å².